The molecule has 0 spiro atoms. The standard InChI is InChI=1S/C14H16O2Si.C9H20O2Si/c1-15-17(16-2,13-9-5-3-6-10-13)14-11-7-4-8-12-14;1-10-12(11-2)8-9-6-4-3-5-7-9/h3-12H,1-2H3;9,12H,3-8H2,1-2H3. The first kappa shape index (κ1) is 24.0. The molecule has 6 heteroatoms. The van der Waals surface area contributed by atoms with Crippen LogP contribution in [0.1, 0.15) is 32.1 Å². The monoisotopic (exact) mass is 432 g/mol. The van der Waals surface area contributed by atoms with Crippen molar-refractivity contribution in [2.75, 3.05) is 28.4 Å². The fraction of sp³-hybridized carbons (Fsp3) is 0.478. The second-order valence-corrected chi connectivity index (χ2v) is 12.9. The van der Waals surface area contributed by atoms with E-state index in [4.69, 9.17) is 17.7 Å². The molecule has 1 aliphatic carbocycles. The van der Waals surface area contributed by atoms with E-state index in [1.165, 1.54) is 38.1 Å². The topological polar surface area (TPSA) is 36.9 Å². The maximum atomic E-state index is 5.78. The van der Waals surface area contributed by atoms with Gasteiger partial charge in [-0.2, -0.15) is 0 Å². The highest BCUT2D eigenvalue weighted by Gasteiger charge is 2.40. The average molecular weight is 433 g/mol. The Morgan fingerprint density at radius 2 is 1.17 bits per heavy atom. The van der Waals surface area contributed by atoms with Gasteiger partial charge in [-0.3, -0.25) is 0 Å². The summed E-state index contributed by atoms with van der Waals surface area (Å²) < 4.78 is 22.2. The molecule has 0 heterocycles. The van der Waals surface area contributed by atoms with Crippen molar-refractivity contribution in [3.8, 4) is 0 Å². The second-order valence-electron chi connectivity index (χ2n) is 7.40. The Bertz CT molecular complexity index is 614. The van der Waals surface area contributed by atoms with Crippen LogP contribution in [0.2, 0.25) is 6.04 Å². The molecule has 29 heavy (non-hydrogen) atoms. The summed E-state index contributed by atoms with van der Waals surface area (Å²) >= 11 is 0. The summed E-state index contributed by atoms with van der Waals surface area (Å²) in [5, 5.41) is 2.24. The molecule has 0 aliphatic heterocycles. The first-order valence-electron chi connectivity index (χ1n) is 10.5. The molecule has 1 saturated carbocycles. The van der Waals surface area contributed by atoms with Gasteiger partial charge in [0.2, 0.25) is 0 Å². The lowest BCUT2D eigenvalue weighted by atomic mass is 9.91. The lowest BCUT2D eigenvalue weighted by molar-refractivity contribution is 0.259. The summed E-state index contributed by atoms with van der Waals surface area (Å²) in [5.41, 5.74) is 0. The predicted octanol–water partition coefficient (Wildman–Crippen LogP) is 3.62. The molecule has 0 unspecified atom stereocenters. The van der Waals surface area contributed by atoms with Gasteiger partial charge in [0.1, 0.15) is 0 Å². The number of rotatable bonds is 8. The van der Waals surface area contributed by atoms with Crippen molar-refractivity contribution in [2.24, 2.45) is 5.92 Å². The molecular formula is C23H36O4Si2. The molecule has 0 N–H and O–H groups in total. The fourth-order valence-electron chi connectivity index (χ4n) is 4.02. The zero-order valence-corrected chi connectivity index (χ0v) is 20.5. The van der Waals surface area contributed by atoms with E-state index in [-0.39, 0.29) is 0 Å². The summed E-state index contributed by atoms with van der Waals surface area (Å²) in [6, 6.07) is 21.5. The van der Waals surface area contributed by atoms with E-state index in [1.807, 2.05) is 36.4 Å². The number of hydrogen-bond acceptors (Lipinski definition) is 4. The summed E-state index contributed by atoms with van der Waals surface area (Å²) in [6.07, 6.45) is 7.06. The van der Waals surface area contributed by atoms with Gasteiger partial charge in [-0.05, 0) is 22.3 Å². The summed E-state index contributed by atoms with van der Waals surface area (Å²) in [5.74, 6) is 0.898. The average Bonchev–Trinajstić information content (AvgIpc) is 2.81. The second kappa shape index (κ2) is 13.1. The third-order valence-electron chi connectivity index (χ3n) is 5.66. The van der Waals surface area contributed by atoms with Crippen LogP contribution in [0.3, 0.4) is 0 Å². The molecular weight excluding hydrogens is 396 g/mol. The minimum Gasteiger partial charge on any atom is -0.400 e. The van der Waals surface area contributed by atoms with Crippen LogP contribution in [-0.2, 0) is 17.7 Å². The molecule has 160 valence electrons. The first-order valence-corrected chi connectivity index (χ1v) is 14.0. The number of hydrogen-bond donors (Lipinski definition) is 0. The Morgan fingerprint density at radius 1 is 0.724 bits per heavy atom. The van der Waals surface area contributed by atoms with Crippen molar-refractivity contribution in [2.45, 2.75) is 38.1 Å². The maximum absolute atomic E-state index is 5.78. The van der Waals surface area contributed by atoms with Gasteiger partial charge < -0.3 is 17.7 Å². The summed E-state index contributed by atoms with van der Waals surface area (Å²) in [7, 11) is 3.24. The molecule has 1 aliphatic rings. The van der Waals surface area contributed by atoms with Gasteiger partial charge in [0.05, 0.1) is 0 Å². The molecule has 2 aromatic rings. The van der Waals surface area contributed by atoms with Gasteiger partial charge in [0.15, 0.2) is 0 Å². The lowest BCUT2D eigenvalue weighted by Crippen LogP contribution is -2.62. The van der Waals surface area contributed by atoms with Crippen molar-refractivity contribution in [1.29, 1.82) is 0 Å². The largest absolute Gasteiger partial charge is 0.406 e. The van der Waals surface area contributed by atoms with Crippen molar-refractivity contribution < 1.29 is 17.7 Å². The Morgan fingerprint density at radius 3 is 1.55 bits per heavy atom. The molecule has 4 nitrogen and oxygen atoms in total. The SMILES string of the molecule is CO[SiH](CC1CCCCC1)OC.CO[Si](OC)(c1ccccc1)c1ccccc1. The van der Waals surface area contributed by atoms with E-state index in [0.717, 1.165) is 16.3 Å². The van der Waals surface area contributed by atoms with Crippen LogP contribution in [0.25, 0.3) is 0 Å². The fourth-order valence-corrected chi connectivity index (χ4v) is 8.32. The van der Waals surface area contributed by atoms with Crippen LogP contribution in [0.5, 0.6) is 0 Å². The normalized spacial score (nSPS) is 15.1. The minimum atomic E-state index is -2.50. The quantitative estimate of drug-likeness (QED) is 0.597. The first-order chi connectivity index (χ1) is 14.2. The van der Waals surface area contributed by atoms with Gasteiger partial charge in [0, 0.05) is 28.4 Å². The molecule has 0 radical (unpaired) electrons. The minimum absolute atomic E-state index is 0.898. The van der Waals surface area contributed by atoms with Crippen LogP contribution >= 0.6 is 0 Å². The van der Waals surface area contributed by atoms with Crippen molar-refractivity contribution in [1.82, 2.24) is 0 Å². The maximum Gasteiger partial charge on any atom is 0.406 e. The van der Waals surface area contributed by atoms with Crippen molar-refractivity contribution in [3.63, 3.8) is 0 Å². The van der Waals surface area contributed by atoms with Crippen molar-refractivity contribution >= 4 is 28.2 Å². The molecule has 0 aromatic heterocycles. The Labute approximate surface area is 179 Å². The highest BCUT2D eigenvalue weighted by atomic mass is 28.4. The van der Waals surface area contributed by atoms with Gasteiger partial charge in [0.25, 0.3) is 0 Å². The van der Waals surface area contributed by atoms with Crippen LogP contribution < -0.4 is 10.4 Å². The molecule has 0 atom stereocenters. The number of benzene rings is 2. The van der Waals surface area contributed by atoms with Crippen LogP contribution in [0.4, 0.5) is 0 Å². The molecule has 2 aromatic carbocycles. The third kappa shape index (κ3) is 6.88. The zero-order valence-electron chi connectivity index (χ0n) is 18.3. The predicted molar refractivity (Wildman–Crippen MR) is 124 cm³/mol. The van der Waals surface area contributed by atoms with Gasteiger partial charge >= 0.3 is 17.8 Å². The van der Waals surface area contributed by atoms with E-state index in [1.54, 1.807) is 28.4 Å². The lowest BCUT2D eigenvalue weighted by Gasteiger charge is -2.27. The molecule has 0 saturated heterocycles. The van der Waals surface area contributed by atoms with E-state index >= 15 is 0 Å². The van der Waals surface area contributed by atoms with E-state index in [2.05, 4.69) is 24.3 Å². The van der Waals surface area contributed by atoms with E-state index < -0.39 is 17.8 Å². The molecule has 3 rings (SSSR count). The summed E-state index contributed by atoms with van der Waals surface area (Å²) in [6.45, 7) is 0. The third-order valence-corrected chi connectivity index (χ3v) is 11.1. The van der Waals surface area contributed by atoms with Crippen molar-refractivity contribution in [3.05, 3.63) is 60.7 Å². The zero-order chi connectivity index (χ0) is 21.0. The van der Waals surface area contributed by atoms with E-state index in [0.29, 0.717) is 0 Å². The van der Waals surface area contributed by atoms with Crippen LogP contribution in [0.15, 0.2) is 60.7 Å². The molecule has 1 fully saturated rings. The van der Waals surface area contributed by atoms with Gasteiger partial charge in [-0.25, -0.2) is 0 Å². The van der Waals surface area contributed by atoms with Gasteiger partial charge in [-0.1, -0.05) is 92.8 Å². The Kier molecular flexibility index (Phi) is 10.8. The van der Waals surface area contributed by atoms with E-state index in [9.17, 15) is 0 Å². The highest BCUT2D eigenvalue weighted by molar-refractivity contribution is 6.92. The van der Waals surface area contributed by atoms with Crippen LogP contribution in [-0.4, -0.2) is 46.3 Å². The summed E-state index contributed by atoms with van der Waals surface area (Å²) in [4.78, 5) is 0. The molecule has 0 amide bonds. The van der Waals surface area contributed by atoms with Gasteiger partial charge in [-0.15, -0.1) is 0 Å². The Hall–Kier alpha value is -1.29. The smallest absolute Gasteiger partial charge is 0.400 e. The Balaban J connectivity index is 0.000000221. The van der Waals surface area contributed by atoms with Crippen LogP contribution in [0, 0.1) is 5.92 Å². The molecule has 0 bridgehead atoms. The highest BCUT2D eigenvalue weighted by Crippen LogP contribution is 2.27.